The highest BCUT2D eigenvalue weighted by Gasteiger charge is 2.60. The van der Waals surface area contributed by atoms with Crippen molar-refractivity contribution in [2.45, 2.75) is 25.3 Å². The van der Waals surface area contributed by atoms with E-state index in [0.717, 1.165) is 13.0 Å². The zero-order valence-electron chi connectivity index (χ0n) is 20.0. The first-order chi connectivity index (χ1) is 17.3. The lowest BCUT2D eigenvalue weighted by molar-refractivity contribution is -0.159. The lowest BCUT2D eigenvalue weighted by Gasteiger charge is -2.57. The Kier molecular flexibility index (Phi) is 7.94. The van der Waals surface area contributed by atoms with Crippen LogP contribution in [0.15, 0.2) is 60.2 Å². The molecule has 2 heterocycles. The van der Waals surface area contributed by atoms with E-state index in [1.54, 1.807) is 0 Å². The minimum Gasteiger partial charge on any atom is -0.435 e. The van der Waals surface area contributed by atoms with Crippen LogP contribution in [0.3, 0.4) is 0 Å². The van der Waals surface area contributed by atoms with Crippen LogP contribution in [0.1, 0.15) is 6.92 Å². The maximum absolute atomic E-state index is 13.7. The minimum absolute atomic E-state index is 0.136. The molecule has 8 nitrogen and oxygen atoms in total. The Labute approximate surface area is 209 Å². The molecule has 0 unspecified atom stereocenters. The molecule has 1 aromatic carbocycles. The average molecular weight is 528 g/mol. The van der Waals surface area contributed by atoms with Gasteiger partial charge in [0.15, 0.2) is 5.54 Å². The lowest BCUT2D eigenvalue weighted by atomic mass is 9.83. The highest BCUT2D eigenvalue weighted by Crippen LogP contribution is 2.37. The number of hydrogen-bond acceptors (Lipinski definition) is 4. The highest BCUT2D eigenvalue weighted by atomic mass is 19.4. The summed E-state index contributed by atoms with van der Waals surface area (Å²) in [5, 5.41) is 2.43. The third-order valence-electron chi connectivity index (χ3n) is 6.13. The van der Waals surface area contributed by atoms with Gasteiger partial charge < -0.3 is 24.8 Å². The molecule has 2 aliphatic heterocycles. The topological polar surface area (TPSA) is 82.2 Å². The summed E-state index contributed by atoms with van der Waals surface area (Å²) in [6, 6.07) is 4.68. The first-order valence-electron chi connectivity index (χ1n) is 11.0. The summed E-state index contributed by atoms with van der Waals surface area (Å²) in [5.41, 5.74) is -1.84. The van der Waals surface area contributed by atoms with Crippen LogP contribution in [-0.2, 0) is 9.59 Å². The molecule has 1 spiro atoms. The van der Waals surface area contributed by atoms with Crippen LogP contribution in [0, 0.1) is 0 Å². The Bertz CT molecular complexity index is 1120. The number of likely N-dealkylation sites (tertiary alicyclic amines) is 1. The molecule has 0 radical (unpaired) electrons. The van der Waals surface area contributed by atoms with Gasteiger partial charge in [0.1, 0.15) is 12.3 Å². The standard InChI is InChI=1S/C24H25F5N4O4/c1-4-16(6-5-15(2)24(27,28)29)11-33-19(34)12-32(17-7-9-18(10-8-17)37-21(25)26)20(35)23(33)13-31(14-23)22(36)30-3/h4-10,21H,1,11-14H2,2-3H3,(H,30,36)/b15-5+,16-6+. The van der Waals surface area contributed by atoms with E-state index in [2.05, 4.69) is 16.6 Å². The Balaban J connectivity index is 1.93. The smallest absolute Gasteiger partial charge is 0.412 e. The van der Waals surface area contributed by atoms with Gasteiger partial charge in [0.2, 0.25) is 5.91 Å². The number of halogens is 5. The van der Waals surface area contributed by atoms with Crippen LogP contribution < -0.4 is 15.0 Å². The van der Waals surface area contributed by atoms with Crippen molar-refractivity contribution in [3.8, 4) is 5.75 Å². The first-order valence-corrected chi connectivity index (χ1v) is 11.0. The van der Waals surface area contributed by atoms with Gasteiger partial charge in [-0.25, -0.2) is 4.79 Å². The van der Waals surface area contributed by atoms with E-state index in [9.17, 15) is 36.3 Å². The number of benzene rings is 1. The number of alkyl halides is 5. The van der Waals surface area contributed by atoms with Crippen molar-refractivity contribution in [3.05, 3.63) is 60.2 Å². The number of anilines is 1. The minimum atomic E-state index is -4.53. The number of rotatable bonds is 7. The molecular weight excluding hydrogens is 503 g/mol. The fraction of sp³-hybridized carbons (Fsp3) is 0.375. The van der Waals surface area contributed by atoms with E-state index in [1.165, 1.54) is 58.2 Å². The van der Waals surface area contributed by atoms with Crippen LogP contribution in [-0.4, -0.2) is 79.2 Å². The molecule has 0 atom stereocenters. The third-order valence-corrected chi connectivity index (χ3v) is 6.13. The van der Waals surface area contributed by atoms with E-state index in [4.69, 9.17) is 0 Å². The second-order valence-electron chi connectivity index (χ2n) is 8.48. The Morgan fingerprint density at radius 2 is 1.81 bits per heavy atom. The van der Waals surface area contributed by atoms with Crippen molar-refractivity contribution in [2.75, 3.05) is 38.1 Å². The number of allylic oxidation sites excluding steroid dienone is 3. The summed E-state index contributed by atoms with van der Waals surface area (Å²) >= 11 is 0. The Morgan fingerprint density at radius 1 is 1.19 bits per heavy atom. The lowest BCUT2D eigenvalue weighted by Crippen LogP contribution is -2.82. The van der Waals surface area contributed by atoms with E-state index in [1.807, 2.05) is 0 Å². The van der Waals surface area contributed by atoms with Gasteiger partial charge in [-0.2, -0.15) is 22.0 Å². The van der Waals surface area contributed by atoms with E-state index in [-0.39, 0.29) is 36.6 Å². The van der Waals surface area contributed by atoms with Crippen molar-refractivity contribution >= 4 is 23.5 Å². The molecule has 0 aliphatic carbocycles. The molecule has 0 aromatic heterocycles. The normalized spacial score (nSPS) is 18.3. The Hall–Kier alpha value is -3.90. The second-order valence-corrected chi connectivity index (χ2v) is 8.48. The molecule has 4 amide bonds. The van der Waals surface area contributed by atoms with Gasteiger partial charge in [0.05, 0.1) is 13.1 Å². The Morgan fingerprint density at radius 3 is 2.32 bits per heavy atom. The fourth-order valence-electron chi connectivity index (χ4n) is 4.04. The maximum Gasteiger partial charge on any atom is 0.412 e. The molecular formula is C24H25F5N4O4. The summed E-state index contributed by atoms with van der Waals surface area (Å²) in [6.07, 6.45) is -1.22. The molecule has 0 bridgehead atoms. The molecule has 0 saturated carbocycles. The van der Waals surface area contributed by atoms with Crippen molar-refractivity contribution in [2.24, 2.45) is 0 Å². The zero-order chi connectivity index (χ0) is 27.5. The molecule has 1 aromatic rings. The SMILES string of the molecule is C=C/C(=C\C=C(/C)C(F)(F)F)CN1C(=O)CN(c2ccc(OC(F)F)cc2)C(=O)C12CN(C(=O)NC)C2. The second kappa shape index (κ2) is 10.6. The number of amides is 4. The highest BCUT2D eigenvalue weighted by molar-refractivity contribution is 6.10. The molecule has 1 N–H and O–H groups in total. The third kappa shape index (κ3) is 5.75. The van der Waals surface area contributed by atoms with Crippen LogP contribution in [0.4, 0.5) is 32.4 Å². The van der Waals surface area contributed by atoms with Gasteiger partial charge in [-0.1, -0.05) is 24.8 Å². The molecule has 13 heteroatoms. The zero-order valence-corrected chi connectivity index (χ0v) is 20.0. The molecule has 2 aliphatic rings. The molecule has 37 heavy (non-hydrogen) atoms. The maximum atomic E-state index is 13.7. The predicted molar refractivity (Wildman–Crippen MR) is 124 cm³/mol. The first kappa shape index (κ1) is 27.7. The monoisotopic (exact) mass is 528 g/mol. The van der Waals surface area contributed by atoms with Gasteiger partial charge in [-0.3, -0.25) is 9.59 Å². The quantitative estimate of drug-likeness (QED) is 0.434. The molecule has 2 fully saturated rings. The summed E-state index contributed by atoms with van der Waals surface area (Å²) in [5.74, 6) is -1.18. The summed E-state index contributed by atoms with van der Waals surface area (Å²) in [7, 11) is 1.40. The van der Waals surface area contributed by atoms with Crippen molar-refractivity contribution in [1.29, 1.82) is 0 Å². The van der Waals surface area contributed by atoms with Crippen LogP contribution in [0.2, 0.25) is 0 Å². The largest absolute Gasteiger partial charge is 0.435 e. The number of piperazine rings is 1. The van der Waals surface area contributed by atoms with Crippen molar-refractivity contribution < 1.29 is 41.1 Å². The number of carbonyl (C=O) groups is 3. The number of carbonyl (C=O) groups excluding carboxylic acids is 3. The summed E-state index contributed by atoms with van der Waals surface area (Å²) < 4.78 is 67.9. The van der Waals surface area contributed by atoms with Gasteiger partial charge >= 0.3 is 18.8 Å². The molecule has 3 rings (SSSR count). The molecule has 200 valence electrons. The van der Waals surface area contributed by atoms with E-state index >= 15 is 0 Å². The van der Waals surface area contributed by atoms with Crippen LogP contribution in [0.5, 0.6) is 5.75 Å². The van der Waals surface area contributed by atoms with Crippen molar-refractivity contribution in [1.82, 2.24) is 15.1 Å². The summed E-state index contributed by atoms with van der Waals surface area (Å²) in [4.78, 5) is 42.8. The predicted octanol–water partition coefficient (Wildman–Crippen LogP) is 3.48. The van der Waals surface area contributed by atoms with E-state index < -0.39 is 48.3 Å². The van der Waals surface area contributed by atoms with Gasteiger partial charge in [-0.05, 0) is 36.8 Å². The van der Waals surface area contributed by atoms with Gasteiger partial charge in [-0.15, -0.1) is 0 Å². The number of urea groups is 1. The average Bonchev–Trinajstić information content (AvgIpc) is 2.81. The van der Waals surface area contributed by atoms with Crippen LogP contribution in [0.25, 0.3) is 0 Å². The number of nitrogens with zero attached hydrogens (tertiary/aromatic N) is 3. The summed E-state index contributed by atoms with van der Waals surface area (Å²) in [6.45, 7) is 0.541. The van der Waals surface area contributed by atoms with Gasteiger partial charge in [0, 0.05) is 24.9 Å². The number of nitrogens with one attached hydrogen (secondary N) is 1. The number of ether oxygens (including phenoxy) is 1. The fourth-order valence-corrected chi connectivity index (χ4v) is 4.04. The van der Waals surface area contributed by atoms with Crippen molar-refractivity contribution in [3.63, 3.8) is 0 Å². The van der Waals surface area contributed by atoms with Gasteiger partial charge in [0.25, 0.3) is 5.91 Å². The van der Waals surface area contributed by atoms with E-state index in [0.29, 0.717) is 0 Å². The van der Waals surface area contributed by atoms with Crippen LogP contribution >= 0.6 is 0 Å². The molecule has 2 saturated heterocycles. The number of hydrogen-bond donors (Lipinski definition) is 1.